The Morgan fingerprint density at radius 1 is 1.10 bits per heavy atom. The molecule has 3 rings (SSSR count). The van der Waals surface area contributed by atoms with E-state index in [1.165, 1.54) is 21.3 Å². The van der Waals surface area contributed by atoms with Crippen LogP contribution in [0.3, 0.4) is 0 Å². The van der Waals surface area contributed by atoms with Crippen molar-refractivity contribution in [2.24, 2.45) is 0 Å². The fourth-order valence-corrected chi connectivity index (χ4v) is 4.76. The number of nitro groups is 1. The first kappa shape index (κ1) is 21.6. The van der Waals surface area contributed by atoms with Gasteiger partial charge in [-0.1, -0.05) is 6.07 Å². The monoisotopic (exact) mass is 434 g/mol. The number of benzene rings is 1. The largest absolute Gasteiger partial charge is 0.361 e. The number of carbonyl (C=O) groups is 1. The minimum atomic E-state index is -3.92. The summed E-state index contributed by atoms with van der Waals surface area (Å²) in [6.45, 7) is 2.12. The smallest absolute Gasteiger partial charge is 0.274 e. The van der Waals surface area contributed by atoms with E-state index in [0.29, 0.717) is 11.4 Å². The average molecular weight is 434 g/mol. The molecule has 0 spiro atoms. The number of sulfonamides is 1. The second-order valence-electron chi connectivity index (χ2n) is 7.07. The molecule has 0 radical (unpaired) electrons. The van der Waals surface area contributed by atoms with Gasteiger partial charge in [-0.3, -0.25) is 14.9 Å². The molecule has 12 heteroatoms. The third-order valence-corrected chi connectivity index (χ3v) is 6.89. The van der Waals surface area contributed by atoms with Crippen LogP contribution in [0, 0.1) is 17.0 Å². The molecule has 1 aliphatic rings. The number of hydrogen-bond donors (Lipinski definition) is 0. The molecule has 1 amide bonds. The molecule has 1 aromatic heterocycles. The number of anilines is 1. The predicted molar refractivity (Wildman–Crippen MR) is 109 cm³/mol. The lowest BCUT2D eigenvalue weighted by molar-refractivity contribution is -0.385. The van der Waals surface area contributed by atoms with Gasteiger partial charge in [0.25, 0.3) is 11.6 Å². The van der Waals surface area contributed by atoms with Crippen LogP contribution in [-0.2, 0) is 10.0 Å². The number of rotatable bonds is 5. The molecule has 1 aromatic carbocycles. The summed E-state index contributed by atoms with van der Waals surface area (Å²) in [6, 6.07) is 7.03. The van der Waals surface area contributed by atoms with E-state index in [1.807, 2.05) is 14.1 Å². The van der Waals surface area contributed by atoms with Gasteiger partial charge in [-0.05, 0) is 24.6 Å². The van der Waals surface area contributed by atoms with Crippen molar-refractivity contribution in [2.45, 2.75) is 11.8 Å². The van der Waals surface area contributed by atoms with Crippen LogP contribution in [0.1, 0.15) is 16.1 Å². The fraction of sp³-hybridized carbons (Fsp3) is 0.389. The lowest BCUT2D eigenvalue weighted by Crippen LogP contribution is -2.50. The highest BCUT2D eigenvalue weighted by molar-refractivity contribution is 7.89. The minimum Gasteiger partial charge on any atom is -0.361 e. The zero-order chi connectivity index (χ0) is 22.1. The van der Waals surface area contributed by atoms with Gasteiger partial charge in [-0.2, -0.15) is 4.31 Å². The number of amides is 1. The minimum absolute atomic E-state index is 0.0828. The van der Waals surface area contributed by atoms with Crippen molar-refractivity contribution in [2.75, 3.05) is 45.2 Å². The lowest BCUT2D eigenvalue weighted by atomic mass is 10.2. The standard InChI is InChI=1S/C18H22N6O5S/c1-13-4-5-14(24(26)27)12-16(13)30(28,29)23-10-8-22(9-11-23)18(25)15-6-7-17(20-19-15)21(2)3/h4-7,12H,8-11H2,1-3H3. The molecular weight excluding hydrogens is 412 g/mol. The van der Waals surface area contributed by atoms with Crippen LogP contribution >= 0.6 is 0 Å². The number of nitro benzene ring substituents is 1. The fourth-order valence-electron chi connectivity index (χ4n) is 3.09. The SMILES string of the molecule is Cc1ccc([N+](=O)[O-])cc1S(=O)(=O)N1CCN(C(=O)c2ccc(N(C)C)nn2)CC1. The van der Waals surface area contributed by atoms with E-state index in [0.717, 1.165) is 6.07 Å². The van der Waals surface area contributed by atoms with Crippen molar-refractivity contribution in [1.82, 2.24) is 19.4 Å². The van der Waals surface area contributed by atoms with Crippen LogP contribution in [0.5, 0.6) is 0 Å². The Balaban J connectivity index is 1.72. The van der Waals surface area contributed by atoms with Crippen molar-refractivity contribution in [3.8, 4) is 0 Å². The van der Waals surface area contributed by atoms with E-state index in [-0.39, 0.29) is 48.4 Å². The number of piperazine rings is 1. The highest BCUT2D eigenvalue weighted by Gasteiger charge is 2.32. The first-order valence-electron chi connectivity index (χ1n) is 9.17. The van der Waals surface area contributed by atoms with Gasteiger partial charge in [0.1, 0.15) is 0 Å². The number of hydrogen-bond acceptors (Lipinski definition) is 8. The molecule has 160 valence electrons. The third-order valence-electron chi connectivity index (χ3n) is 4.85. The molecule has 1 aliphatic heterocycles. The van der Waals surface area contributed by atoms with Gasteiger partial charge in [-0.25, -0.2) is 8.42 Å². The van der Waals surface area contributed by atoms with E-state index in [9.17, 15) is 23.3 Å². The second-order valence-corrected chi connectivity index (χ2v) is 8.98. The lowest BCUT2D eigenvalue weighted by Gasteiger charge is -2.34. The maximum absolute atomic E-state index is 13.0. The molecular formula is C18H22N6O5S. The Hall–Kier alpha value is -3.12. The zero-order valence-electron chi connectivity index (χ0n) is 16.8. The molecule has 0 aliphatic carbocycles. The van der Waals surface area contributed by atoms with Crippen molar-refractivity contribution in [3.05, 3.63) is 51.7 Å². The van der Waals surface area contributed by atoms with Crippen LogP contribution in [0.4, 0.5) is 11.5 Å². The van der Waals surface area contributed by atoms with Crippen LogP contribution in [0.15, 0.2) is 35.2 Å². The number of non-ortho nitro benzene ring substituents is 1. The van der Waals surface area contributed by atoms with Gasteiger partial charge < -0.3 is 9.80 Å². The molecule has 2 aromatic rings. The Morgan fingerprint density at radius 3 is 2.30 bits per heavy atom. The van der Waals surface area contributed by atoms with Crippen molar-refractivity contribution < 1.29 is 18.1 Å². The highest BCUT2D eigenvalue weighted by atomic mass is 32.2. The van der Waals surface area contributed by atoms with Gasteiger partial charge in [0.05, 0.1) is 9.82 Å². The summed E-state index contributed by atoms with van der Waals surface area (Å²) < 4.78 is 27.2. The topological polar surface area (TPSA) is 130 Å². The summed E-state index contributed by atoms with van der Waals surface area (Å²) in [7, 11) is -0.293. The molecule has 0 saturated carbocycles. The summed E-state index contributed by atoms with van der Waals surface area (Å²) in [5.41, 5.74) is 0.328. The van der Waals surface area contributed by atoms with Crippen LogP contribution in [0.25, 0.3) is 0 Å². The van der Waals surface area contributed by atoms with E-state index in [2.05, 4.69) is 10.2 Å². The predicted octanol–water partition coefficient (Wildman–Crippen LogP) is 0.906. The molecule has 30 heavy (non-hydrogen) atoms. The molecule has 11 nitrogen and oxygen atoms in total. The van der Waals surface area contributed by atoms with E-state index < -0.39 is 14.9 Å². The third kappa shape index (κ3) is 4.24. The first-order valence-corrected chi connectivity index (χ1v) is 10.6. The average Bonchev–Trinajstić information content (AvgIpc) is 2.73. The Bertz CT molecular complexity index is 1060. The number of aryl methyl sites for hydroxylation is 1. The Morgan fingerprint density at radius 2 is 1.77 bits per heavy atom. The number of nitrogens with zero attached hydrogens (tertiary/aromatic N) is 6. The highest BCUT2D eigenvalue weighted by Crippen LogP contribution is 2.25. The Labute approximate surface area is 174 Å². The maximum atomic E-state index is 13.0. The maximum Gasteiger partial charge on any atom is 0.274 e. The molecule has 2 heterocycles. The van der Waals surface area contributed by atoms with E-state index in [1.54, 1.807) is 24.0 Å². The van der Waals surface area contributed by atoms with Crippen molar-refractivity contribution in [1.29, 1.82) is 0 Å². The van der Waals surface area contributed by atoms with Crippen LogP contribution < -0.4 is 4.90 Å². The molecule has 0 unspecified atom stereocenters. The van der Waals surface area contributed by atoms with Gasteiger partial charge >= 0.3 is 0 Å². The first-order chi connectivity index (χ1) is 14.1. The van der Waals surface area contributed by atoms with E-state index >= 15 is 0 Å². The van der Waals surface area contributed by atoms with Crippen LogP contribution in [-0.4, -0.2) is 78.9 Å². The number of carbonyl (C=O) groups excluding carboxylic acids is 1. The van der Waals surface area contributed by atoms with Crippen LogP contribution in [0.2, 0.25) is 0 Å². The molecule has 0 N–H and O–H groups in total. The zero-order valence-corrected chi connectivity index (χ0v) is 17.7. The molecule has 0 bridgehead atoms. The van der Waals surface area contributed by atoms with Gasteiger partial charge in [0, 0.05) is 52.4 Å². The summed E-state index contributed by atoms with van der Waals surface area (Å²) in [5.74, 6) is 0.297. The van der Waals surface area contributed by atoms with Gasteiger partial charge in [0.2, 0.25) is 10.0 Å². The summed E-state index contributed by atoms with van der Waals surface area (Å²) in [4.78, 5) is 26.2. The second kappa shape index (κ2) is 8.32. The quantitative estimate of drug-likeness (QED) is 0.501. The number of aromatic nitrogens is 2. The van der Waals surface area contributed by atoms with E-state index in [4.69, 9.17) is 0 Å². The summed E-state index contributed by atoms with van der Waals surface area (Å²) in [6.07, 6.45) is 0. The summed E-state index contributed by atoms with van der Waals surface area (Å²) in [5, 5.41) is 19.0. The molecule has 0 atom stereocenters. The Kier molecular flexibility index (Phi) is 5.99. The van der Waals surface area contributed by atoms with Crippen molar-refractivity contribution >= 4 is 27.4 Å². The summed E-state index contributed by atoms with van der Waals surface area (Å²) >= 11 is 0. The van der Waals surface area contributed by atoms with Gasteiger partial charge in [0.15, 0.2) is 11.5 Å². The molecule has 1 saturated heterocycles. The normalized spacial score (nSPS) is 15.1. The van der Waals surface area contributed by atoms with Crippen molar-refractivity contribution in [3.63, 3.8) is 0 Å². The van der Waals surface area contributed by atoms with Gasteiger partial charge in [-0.15, -0.1) is 10.2 Å². The molecule has 1 fully saturated rings.